The third-order valence-corrected chi connectivity index (χ3v) is 4.91. The van der Waals surface area contributed by atoms with Crippen molar-refractivity contribution in [2.45, 2.75) is 6.54 Å². The van der Waals surface area contributed by atoms with Crippen LogP contribution in [0.15, 0.2) is 71.5 Å². The molecule has 1 N–H and O–H groups in total. The van der Waals surface area contributed by atoms with Crippen molar-refractivity contribution in [2.24, 2.45) is 0 Å². The fourth-order valence-corrected chi connectivity index (χ4v) is 3.31. The minimum Gasteiger partial charge on any atom is -0.459 e. The number of aromatic nitrogens is 1. The van der Waals surface area contributed by atoms with Gasteiger partial charge in [-0.25, -0.2) is 0 Å². The van der Waals surface area contributed by atoms with Crippen LogP contribution in [0, 0.1) is 0 Å². The lowest BCUT2D eigenvalue weighted by Crippen LogP contribution is -2.48. The fraction of sp³-hybridized carbons (Fsp3) is 0.227. The Kier molecular flexibility index (Phi) is 5.67. The topological polar surface area (TPSA) is 78.7 Å². The van der Waals surface area contributed by atoms with E-state index in [0.717, 1.165) is 25.3 Å². The molecule has 0 saturated carbocycles. The van der Waals surface area contributed by atoms with Crippen molar-refractivity contribution in [3.05, 3.63) is 84.1 Å². The van der Waals surface area contributed by atoms with Crippen LogP contribution in [0.25, 0.3) is 0 Å². The van der Waals surface area contributed by atoms with Crippen LogP contribution in [0.1, 0.15) is 26.6 Å². The normalized spacial score (nSPS) is 14.6. The van der Waals surface area contributed by atoms with Gasteiger partial charge in [0.25, 0.3) is 11.8 Å². The molecule has 1 saturated heterocycles. The Bertz CT molecular complexity index is 947. The van der Waals surface area contributed by atoms with Gasteiger partial charge in [0, 0.05) is 50.2 Å². The number of rotatable bonds is 5. The van der Waals surface area contributed by atoms with Crippen LogP contribution in [0.5, 0.6) is 0 Å². The SMILES string of the molecule is O=C(Nc1ccc(C(=O)N2CCN(Cc3ccccn3)CC2)cc1)c1ccco1. The molecular weight excluding hydrogens is 368 g/mol. The first kappa shape index (κ1) is 18.9. The molecule has 0 bridgehead atoms. The highest BCUT2D eigenvalue weighted by molar-refractivity contribution is 6.02. The molecule has 1 aliphatic heterocycles. The van der Waals surface area contributed by atoms with E-state index in [0.29, 0.717) is 24.3 Å². The summed E-state index contributed by atoms with van der Waals surface area (Å²) in [6, 6.07) is 16.1. The molecule has 2 aromatic heterocycles. The monoisotopic (exact) mass is 390 g/mol. The molecular formula is C22H22N4O3. The number of carbonyl (C=O) groups excluding carboxylic acids is 2. The van der Waals surface area contributed by atoms with E-state index in [9.17, 15) is 9.59 Å². The van der Waals surface area contributed by atoms with Crippen LogP contribution in [0.3, 0.4) is 0 Å². The predicted octanol–water partition coefficient (Wildman–Crippen LogP) is 2.88. The molecule has 1 aromatic carbocycles. The first-order chi connectivity index (χ1) is 14.2. The van der Waals surface area contributed by atoms with Gasteiger partial charge in [0.1, 0.15) is 0 Å². The molecule has 7 nitrogen and oxygen atoms in total. The molecule has 3 aromatic rings. The first-order valence-corrected chi connectivity index (χ1v) is 9.55. The highest BCUT2D eigenvalue weighted by Crippen LogP contribution is 2.15. The molecule has 0 unspecified atom stereocenters. The molecule has 7 heteroatoms. The van der Waals surface area contributed by atoms with Gasteiger partial charge in [0.05, 0.1) is 12.0 Å². The predicted molar refractivity (Wildman–Crippen MR) is 109 cm³/mol. The maximum Gasteiger partial charge on any atom is 0.291 e. The molecule has 1 fully saturated rings. The number of furan rings is 1. The van der Waals surface area contributed by atoms with Gasteiger partial charge in [0.2, 0.25) is 0 Å². The van der Waals surface area contributed by atoms with Crippen LogP contribution in [-0.2, 0) is 6.54 Å². The van der Waals surface area contributed by atoms with E-state index in [1.165, 1.54) is 6.26 Å². The number of anilines is 1. The molecule has 0 aliphatic carbocycles. The van der Waals surface area contributed by atoms with Gasteiger partial charge in [-0.1, -0.05) is 6.07 Å². The third kappa shape index (κ3) is 4.70. The van der Waals surface area contributed by atoms with E-state index in [4.69, 9.17) is 4.42 Å². The van der Waals surface area contributed by atoms with Crippen molar-refractivity contribution in [3.8, 4) is 0 Å². The lowest BCUT2D eigenvalue weighted by molar-refractivity contribution is 0.0627. The van der Waals surface area contributed by atoms with Gasteiger partial charge in [0.15, 0.2) is 5.76 Å². The lowest BCUT2D eigenvalue weighted by Gasteiger charge is -2.34. The number of hydrogen-bond acceptors (Lipinski definition) is 5. The summed E-state index contributed by atoms with van der Waals surface area (Å²) in [4.78, 5) is 33.3. The minimum absolute atomic E-state index is 0.00592. The highest BCUT2D eigenvalue weighted by Gasteiger charge is 2.22. The largest absolute Gasteiger partial charge is 0.459 e. The zero-order valence-corrected chi connectivity index (χ0v) is 16.0. The summed E-state index contributed by atoms with van der Waals surface area (Å²) in [6.07, 6.45) is 3.25. The minimum atomic E-state index is -0.321. The Hall–Kier alpha value is -3.45. The van der Waals surface area contributed by atoms with E-state index in [-0.39, 0.29) is 17.6 Å². The van der Waals surface area contributed by atoms with Gasteiger partial charge in [-0.05, 0) is 48.5 Å². The number of piperazine rings is 1. The zero-order valence-electron chi connectivity index (χ0n) is 16.0. The summed E-state index contributed by atoms with van der Waals surface area (Å²) in [5.74, 6) is -0.0711. The first-order valence-electron chi connectivity index (χ1n) is 9.55. The quantitative estimate of drug-likeness (QED) is 0.725. The second kappa shape index (κ2) is 8.70. The van der Waals surface area contributed by atoms with Crippen molar-refractivity contribution in [3.63, 3.8) is 0 Å². The van der Waals surface area contributed by atoms with Crippen molar-refractivity contribution < 1.29 is 14.0 Å². The summed E-state index contributed by atoms with van der Waals surface area (Å²) in [5.41, 5.74) is 2.27. The second-order valence-corrected chi connectivity index (χ2v) is 6.90. The maximum atomic E-state index is 12.8. The summed E-state index contributed by atoms with van der Waals surface area (Å²) >= 11 is 0. The average molecular weight is 390 g/mol. The molecule has 29 heavy (non-hydrogen) atoms. The molecule has 3 heterocycles. The summed E-state index contributed by atoms with van der Waals surface area (Å²) < 4.78 is 5.07. The molecule has 0 radical (unpaired) electrons. The number of amides is 2. The molecule has 0 spiro atoms. The number of nitrogens with one attached hydrogen (secondary N) is 1. The summed E-state index contributed by atoms with van der Waals surface area (Å²) in [7, 11) is 0. The number of hydrogen-bond donors (Lipinski definition) is 1. The molecule has 148 valence electrons. The Morgan fingerprint density at radius 1 is 0.966 bits per heavy atom. The summed E-state index contributed by atoms with van der Waals surface area (Å²) in [6.45, 7) is 3.80. The molecule has 4 rings (SSSR count). The Labute approximate surface area is 169 Å². The van der Waals surface area contributed by atoms with Crippen molar-refractivity contribution in [2.75, 3.05) is 31.5 Å². The Morgan fingerprint density at radius 2 is 1.76 bits per heavy atom. The lowest BCUT2D eigenvalue weighted by atomic mass is 10.1. The van der Waals surface area contributed by atoms with E-state index in [2.05, 4.69) is 15.2 Å². The number of pyridine rings is 1. The Morgan fingerprint density at radius 3 is 2.41 bits per heavy atom. The smallest absolute Gasteiger partial charge is 0.291 e. The van der Waals surface area contributed by atoms with Crippen LogP contribution < -0.4 is 5.32 Å². The average Bonchev–Trinajstić information content (AvgIpc) is 3.30. The van der Waals surface area contributed by atoms with Gasteiger partial charge in [-0.3, -0.25) is 19.5 Å². The van der Waals surface area contributed by atoms with Crippen LogP contribution >= 0.6 is 0 Å². The molecule has 0 atom stereocenters. The number of carbonyl (C=O) groups is 2. The summed E-state index contributed by atoms with van der Waals surface area (Å²) in [5, 5.41) is 2.75. The van der Waals surface area contributed by atoms with E-state index < -0.39 is 0 Å². The van der Waals surface area contributed by atoms with Crippen LogP contribution in [0.2, 0.25) is 0 Å². The number of benzene rings is 1. The van der Waals surface area contributed by atoms with E-state index in [1.807, 2.05) is 23.1 Å². The third-order valence-electron chi connectivity index (χ3n) is 4.91. The van der Waals surface area contributed by atoms with Crippen molar-refractivity contribution in [1.29, 1.82) is 0 Å². The van der Waals surface area contributed by atoms with Crippen LogP contribution in [-0.4, -0.2) is 52.8 Å². The molecule has 2 amide bonds. The fourth-order valence-electron chi connectivity index (χ4n) is 3.31. The standard InChI is InChI=1S/C22H22N4O3/c27-21(20-5-3-15-29-20)24-18-8-6-17(7-9-18)22(28)26-13-11-25(12-14-26)16-19-4-1-2-10-23-19/h1-10,15H,11-14,16H2,(H,24,27). The van der Waals surface area contributed by atoms with Gasteiger partial charge in [-0.2, -0.15) is 0 Å². The second-order valence-electron chi connectivity index (χ2n) is 6.90. The Balaban J connectivity index is 1.30. The van der Waals surface area contributed by atoms with Gasteiger partial charge in [-0.15, -0.1) is 0 Å². The maximum absolute atomic E-state index is 12.8. The molecule has 1 aliphatic rings. The van der Waals surface area contributed by atoms with Gasteiger partial charge >= 0.3 is 0 Å². The van der Waals surface area contributed by atoms with Crippen LogP contribution in [0.4, 0.5) is 5.69 Å². The van der Waals surface area contributed by atoms with E-state index in [1.54, 1.807) is 42.6 Å². The van der Waals surface area contributed by atoms with Gasteiger partial charge < -0.3 is 14.6 Å². The zero-order chi connectivity index (χ0) is 20.1. The van der Waals surface area contributed by atoms with E-state index >= 15 is 0 Å². The van der Waals surface area contributed by atoms with Crippen molar-refractivity contribution >= 4 is 17.5 Å². The van der Waals surface area contributed by atoms with Crippen molar-refractivity contribution in [1.82, 2.24) is 14.8 Å². The highest BCUT2D eigenvalue weighted by atomic mass is 16.3. The number of nitrogens with zero attached hydrogens (tertiary/aromatic N) is 3.